The summed E-state index contributed by atoms with van der Waals surface area (Å²) >= 11 is 0. The molecule has 3 nitrogen and oxygen atoms in total. The van der Waals surface area contributed by atoms with E-state index in [0.29, 0.717) is 17.4 Å². The lowest BCUT2D eigenvalue weighted by Gasteiger charge is -2.48. The molecule has 1 aromatic rings. The number of aryl methyl sites for hydroxylation is 2. The van der Waals surface area contributed by atoms with Crippen LogP contribution in [0.15, 0.2) is 18.2 Å². The Morgan fingerprint density at radius 2 is 1.96 bits per heavy atom. The molecule has 0 bridgehead atoms. The molecule has 2 aliphatic heterocycles. The molecule has 3 aliphatic rings. The summed E-state index contributed by atoms with van der Waals surface area (Å²) in [5, 5.41) is 0. The second-order valence-corrected chi connectivity index (χ2v) is 8.49. The van der Waals surface area contributed by atoms with E-state index >= 15 is 0 Å². The second kappa shape index (κ2) is 6.18. The molecule has 1 unspecified atom stereocenters. The van der Waals surface area contributed by atoms with Crippen molar-refractivity contribution in [3.8, 4) is 0 Å². The van der Waals surface area contributed by atoms with Crippen molar-refractivity contribution < 1.29 is 4.79 Å². The van der Waals surface area contributed by atoms with Gasteiger partial charge in [0.25, 0.3) is 0 Å². The summed E-state index contributed by atoms with van der Waals surface area (Å²) in [7, 11) is 0. The third-order valence-corrected chi connectivity index (χ3v) is 6.40. The van der Waals surface area contributed by atoms with Crippen molar-refractivity contribution in [1.29, 1.82) is 0 Å². The van der Waals surface area contributed by atoms with Crippen LogP contribution in [-0.2, 0) is 11.3 Å². The monoisotopic (exact) mass is 326 g/mol. The fourth-order valence-electron chi connectivity index (χ4n) is 4.70. The van der Waals surface area contributed by atoms with Crippen LogP contribution in [0.1, 0.15) is 55.2 Å². The van der Waals surface area contributed by atoms with E-state index in [1.54, 1.807) is 0 Å². The van der Waals surface area contributed by atoms with Gasteiger partial charge in [-0.25, -0.2) is 0 Å². The summed E-state index contributed by atoms with van der Waals surface area (Å²) in [6, 6.07) is 7.45. The minimum Gasteiger partial charge on any atom is -0.339 e. The van der Waals surface area contributed by atoms with Gasteiger partial charge in [0.2, 0.25) is 5.91 Å². The molecule has 2 saturated heterocycles. The number of hydrogen-bond donors (Lipinski definition) is 0. The standard InChI is InChI=1S/C21H30N2O/c1-16-4-5-18(12-17(16)2)13-22-11-3-9-21(14-22)10-8-20(24)23(15-21)19-6-7-19/h4-5,12,19H,3,6-11,13-15H2,1-2H3. The van der Waals surface area contributed by atoms with Crippen LogP contribution in [0.4, 0.5) is 0 Å². The largest absolute Gasteiger partial charge is 0.339 e. The first kappa shape index (κ1) is 16.1. The van der Waals surface area contributed by atoms with Gasteiger partial charge in [-0.3, -0.25) is 9.69 Å². The molecule has 3 heteroatoms. The summed E-state index contributed by atoms with van der Waals surface area (Å²) < 4.78 is 0. The van der Waals surface area contributed by atoms with Crippen molar-refractivity contribution in [2.75, 3.05) is 19.6 Å². The summed E-state index contributed by atoms with van der Waals surface area (Å²) in [4.78, 5) is 17.1. The van der Waals surface area contributed by atoms with Gasteiger partial charge < -0.3 is 4.90 Å². The van der Waals surface area contributed by atoms with E-state index < -0.39 is 0 Å². The van der Waals surface area contributed by atoms with Gasteiger partial charge in [0.15, 0.2) is 0 Å². The van der Waals surface area contributed by atoms with Crippen molar-refractivity contribution in [3.05, 3.63) is 34.9 Å². The third kappa shape index (κ3) is 3.23. The van der Waals surface area contributed by atoms with E-state index in [-0.39, 0.29) is 0 Å². The van der Waals surface area contributed by atoms with E-state index in [2.05, 4.69) is 41.8 Å². The Labute approximate surface area is 146 Å². The fraction of sp³-hybridized carbons (Fsp3) is 0.667. The highest BCUT2D eigenvalue weighted by Crippen LogP contribution is 2.42. The first-order valence-corrected chi connectivity index (χ1v) is 9.63. The Balaban J connectivity index is 1.45. The number of likely N-dealkylation sites (tertiary alicyclic amines) is 2. The highest BCUT2D eigenvalue weighted by Gasteiger charge is 2.45. The van der Waals surface area contributed by atoms with Crippen LogP contribution >= 0.6 is 0 Å². The van der Waals surface area contributed by atoms with E-state index in [0.717, 1.165) is 32.5 Å². The molecule has 1 spiro atoms. The van der Waals surface area contributed by atoms with E-state index in [4.69, 9.17) is 0 Å². The van der Waals surface area contributed by atoms with E-state index in [9.17, 15) is 4.79 Å². The van der Waals surface area contributed by atoms with Gasteiger partial charge in [-0.1, -0.05) is 18.2 Å². The van der Waals surface area contributed by atoms with Crippen LogP contribution < -0.4 is 0 Å². The van der Waals surface area contributed by atoms with Gasteiger partial charge in [0.1, 0.15) is 0 Å². The van der Waals surface area contributed by atoms with Gasteiger partial charge in [-0.15, -0.1) is 0 Å². The molecular weight excluding hydrogens is 296 g/mol. The lowest BCUT2D eigenvalue weighted by atomic mass is 9.73. The molecule has 1 amide bonds. The molecule has 4 rings (SSSR count). The maximum atomic E-state index is 12.3. The zero-order chi connectivity index (χ0) is 16.7. The van der Waals surface area contributed by atoms with Crippen LogP contribution in [0.25, 0.3) is 0 Å². The van der Waals surface area contributed by atoms with Crippen LogP contribution in [0.3, 0.4) is 0 Å². The van der Waals surface area contributed by atoms with E-state index in [1.807, 2.05) is 0 Å². The molecule has 0 aromatic heterocycles. The number of amides is 1. The summed E-state index contributed by atoms with van der Waals surface area (Å²) in [6.45, 7) is 8.82. The molecule has 1 aromatic carbocycles. The Morgan fingerprint density at radius 3 is 2.71 bits per heavy atom. The molecular formula is C21H30N2O. The number of piperidine rings is 2. The quantitative estimate of drug-likeness (QED) is 0.846. The van der Waals surface area contributed by atoms with Gasteiger partial charge in [-0.05, 0) is 69.2 Å². The molecule has 130 valence electrons. The molecule has 1 aliphatic carbocycles. The number of carbonyl (C=O) groups excluding carboxylic acids is 1. The predicted octanol–water partition coefficient (Wildman–Crippen LogP) is 3.67. The molecule has 1 atom stereocenters. The average Bonchev–Trinajstić information content (AvgIpc) is 3.39. The minimum absolute atomic E-state index is 0.356. The first-order chi connectivity index (χ1) is 11.5. The summed E-state index contributed by atoms with van der Waals surface area (Å²) in [5.74, 6) is 0.411. The molecule has 2 heterocycles. The van der Waals surface area contributed by atoms with Crippen molar-refractivity contribution in [3.63, 3.8) is 0 Å². The molecule has 0 radical (unpaired) electrons. The van der Waals surface area contributed by atoms with Gasteiger partial charge in [0.05, 0.1) is 0 Å². The summed E-state index contributed by atoms with van der Waals surface area (Å²) in [6.07, 6.45) is 6.90. The van der Waals surface area contributed by atoms with E-state index in [1.165, 1.54) is 48.9 Å². The fourth-order valence-corrected chi connectivity index (χ4v) is 4.70. The molecule has 3 fully saturated rings. The lowest BCUT2D eigenvalue weighted by molar-refractivity contribution is -0.140. The van der Waals surface area contributed by atoms with Gasteiger partial charge >= 0.3 is 0 Å². The second-order valence-electron chi connectivity index (χ2n) is 8.49. The lowest BCUT2D eigenvalue weighted by Crippen LogP contribution is -2.54. The smallest absolute Gasteiger partial charge is 0.222 e. The topological polar surface area (TPSA) is 23.6 Å². The van der Waals surface area contributed by atoms with Crippen LogP contribution in [0.5, 0.6) is 0 Å². The van der Waals surface area contributed by atoms with Gasteiger partial charge in [0, 0.05) is 37.5 Å². The number of carbonyl (C=O) groups is 1. The molecule has 24 heavy (non-hydrogen) atoms. The molecule has 0 N–H and O–H groups in total. The number of nitrogens with zero attached hydrogens (tertiary/aromatic N) is 2. The average molecular weight is 326 g/mol. The number of benzene rings is 1. The predicted molar refractivity (Wildman–Crippen MR) is 96.8 cm³/mol. The molecule has 1 saturated carbocycles. The first-order valence-electron chi connectivity index (χ1n) is 9.63. The normalized spacial score (nSPS) is 28.6. The zero-order valence-electron chi connectivity index (χ0n) is 15.2. The highest BCUT2D eigenvalue weighted by atomic mass is 16.2. The van der Waals surface area contributed by atoms with Crippen molar-refractivity contribution in [2.45, 2.75) is 65.0 Å². The Hall–Kier alpha value is -1.35. The maximum absolute atomic E-state index is 12.3. The summed E-state index contributed by atoms with van der Waals surface area (Å²) in [5.41, 5.74) is 4.55. The van der Waals surface area contributed by atoms with Crippen molar-refractivity contribution in [2.24, 2.45) is 5.41 Å². The Kier molecular flexibility index (Phi) is 4.16. The van der Waals surface area contributed by atoms with Crippen LogP contribution in [0.2, 0.25) is 0 Å². The van der Waals surface area contributed by atoms with Crippen LogP contribution in [0, 0.1) is 19.3 Å². The Morgan fingerprint density at radius 1 is 1.12 bits per heavy atom. The number of hydrogen-bond acceptors (Lipinski definition) is 2. The highest BCUT2D eigenvalue weighted by molar-refractivity contribution is 5.78. The SMILES string of the molecule is Cc1ccc(CN2CCCC3(CCC(=O)N(C4CC4)C3)C2)cc1C. The zero-order valence-corrected chi connectivity index (χ0v) is 15.2. The number of rotatable bonds is 3. The third-order valence-electron chi connectivity index (χ3n) is 6.40. The minimum atomic E-state index is 0.356. The van der Waals surface area contributed by atoms with Crippen molar-refractivity contribution in [1.82, 2.24) is 9.80 Å². The van der Waals surface area contributed by atoms with Crippen LogP contribution in [-0.4, -0.2) is 41.4 Å². The van der Waals surface area contributed by atoms with Crippen molar-refractivity contribution >= 4 is 5.91 Å². The van der Waals surface area contributed by atoms with Gasteiger partial charge in [-0.2, -0.15) is 0 Å². The maximum Gasteiger partial charge on any atom is 0.222 e. The Bertz CT molecular complexity index is 637.